The van der Waals surface area contributed by atoms with Crippen LogP contribution in [-0.2, 0) is 0 Å². The predicted octanol–water partition coefficient (Wildman–Crippen LogP) is 1.93. The SMILES string of the molecule is Cc1ccn2nc([C@H](C)Nc3ncnc(N)c3C#N)nc(-c3ccc(C(N)=O)c(O)c3)c12. The van der Waals surface area contributed by atoms with Gasteiger partial charge in [0.2, 0.25) is 0 Å². The lowest BCUT2D eigenvalue weighted by Gasteiger charge is -2.16. The number of aromatic hydroxyl groups is 1. The molecule has 160 valence electrons. The van der Waals surface area contributed by atoms with Crippen LogP contribution in [0.1, 0.15) is 40.3 Å². The van der Waals surface area contributed by atoms with Crippen molar-refractivity contribution in [1.82, 2.24) is 24.6 Å². The van der Waals surface area contributed by atoms with Crippen molar-refractivity contribution in [3.05, 3.63) is 59.3 Å². The van der Waals surface area contributed by atoms with E-state index in [0.29, 0.717) is 17.1 Å². The van der Waals surface area contributed by atoms with Crippen LogP contribution in [0.15, 0.2) is 36.8 Å². The molecule has 0 radical (unpaired) electrons. The molecule has 0 fully saturated rings. The molecule has 4 aromatic rings. The Balaban J connectivity index is 1.82. The Kier molecular flexibility index (Phi) is 5.04. The first-order valence-electron chi connectivity index (χ1n) is 9.56. The topological polar surface area (TPSA) is 181 Å². The van der Waals surface area contributed by atoms with Gasteiger partial charge in [0, 0.05) is 11.8 Å². The van der Waals surface area contributed by atoms with E-state index in [0.717, 1.165) is 11.1 Å². The molecule has 0 saturated heterocycles. The van der Waals surface area contributed by atoms with Crippen LogP contribution in [0.2, 0.25) is 0 Å². The second-order valence-corrected chi connectivity index (χ2v) is 7.17. The van der Waals surface area contributed by atoms with Gasteiger partial charge in [-0.05, 0) is 37.6 Å². The molecule has 6 N–H and O–H groups in total. The lowest BCUT2D eigenvalue weighted by atomic mass is 10.1. The smallest absolute Gasteiger partial charge is 0.252 e. The molecule has 1 aromatic carbocycles. The van der Waals surface area contributed by atoms with E-state index in [2.05, 4.69) is 20.4 Å². The number of primary amides is 1. The maximum Gasteiger partial charge on any atom is 0.252 e. The van der Waals surface area contributed by atoms with Crippen LogP contribution in [0.3, 0.4) is 0 Å². The second kappa shape index (κ2) is 7.84. The molecule has 0 aliphatic rings. The first-order chi connectivity index (χ1) is 15.3. The summed E-state index contributed by atoms with van der Waals surface area (Å²) in [6.45, 7) is 3.73. The van der Waals surface area contributed by atoms with E-state index in [4.69, 9.17) is 16.5 Å². The van der Waals surface area contributed by atoms with Gasteiger partial charge in [-0.25, -0.2) is 19.5 Å². The number of aryl methyl sites for hydroxylation is 1. The fraction of sp³-hybridized carbons (Fsp3) is 0.143. The summed E-state index contributed by atoms with van der Waals surface area (Å²) in [5.41, 5.74) is 14.0. The number of carbonyl (C=O) groups is 1. The molecule has 0 spiro atoms. The third kappa shape index (κ3) is 3.50. The number of nitrogens with one attached hydrogen (secondary N) is 1. The molecule has 1 amide bonds. The van der Waals surface area contributed by atoms with Crippen molar-refractivity contribution in [1.29, 1.82) is 5.26 Å². The van der Waals surface area contributed by atoms with Gasteiger partial charge < -0.3 is 21.9 Å². The quantitative estimate of drug-likeness (QED) is 0.368. The largest absolute Gasteiger partial charge is 0.507 e. The number of aromatic nitrogens is 5. The van der Waals surface area contributed by atoms with Crippen LogP contribution in [0.25, 0.3) is 16.8 Å². The maximum absolute atomic E-state index is 11.5. The number of phenols is 1. The Labute approximate surface area is 182 Å². The average molecular weight is 429 g/mol. The van der Waals surface area contributed by atoms with E-state index in [-0.39, 0.29) is 28.5 Å². The highest BCUT2D eigenvalue weighted by Crippen LogP contribution is 2.31. The highest BCUT2D eigenvalue weighted by molar-refractivity contribution is 5.96. The van der Waals surface area contributed by atoms with Crippen molar-refractivity contribution >= 4 is 23.1 Å². The van der Waals surface area contributed by atoms with Gasteiger partial charge in [-0.2, -0.15) is 10.4 Å². The molecule has 1 atom stereocenters. The van der Waals surface area contributed by atoms with E-state index in [9.17, 15) is 15.2 Å². The van der Waals surface area contributed by atoms with Gasteiger partial charge in [0.25, 0.3) is 5.91 Å². The number of hydrogen-bond donors (Lipinski definition) is 4. The van der Waals surface area contributed by atoms with Crippen LogP contribution in [0.5, 0.6) is 5.75 Å². The number of nitrogens with zero attached hydrogens (tertiary/aromatic N) is 6. The molecule has 11 nitrogen and oxygen atoms in total. The fourth-order valence-corrected chi connectivity index (χ4v) is 3.36. The Morgan fingerprint density at radius 1 is 1.31 bits per heavy atom. The zero-order valence-corrected chi connectivity index (χ0v) is 17.2. The number of nitrogens with two attached hydrogens (primary N) is 2. The number of anilines is 2. The molecule has 4 rings (SSSR count). The summed E-state index contributed by atoms with van der Waals surface area (Å²) in [6.07, 6.45) is 3.06. The summed E-state index contributed by atoms with van der Waals surface area (Å²) in [4.78, 5) is 24.1. The number of fused-ring (bicyclic) bond motifs is 1. The molecular weight excluding hydrogens is 410 g/mol. The van der Waals surface area contributed by atoms with Crippen molar-refractivity contribution in [2.45, 2.75) is 19.9 Å². The number of hydrogen-bond acceptors (Lipinski definition) is 9. The normalized spacial score (nSPS) is 11.8. The first-order valence-corrected chi connectivity index (χ1v) is 9.56. The Morgan fingerprint density at radius 2 is 2.09 bits per heavy atom. The van der Waals surface area contributed by atoms with Crippen molar-refractivity contribution in [3.8, 4) is 23.1 Å². The maximum atomic E-state index is 11.5. The summed E-state index contributed by atoms with van der Waals surface area (Å²) < 4.78 is 1.68. The summed E-state index contributed by atoms with van der Waals surface area (Å²) in [5, 5.41) is 27.3. The minimum atomic E-state index is -0.725. The van der Waals surface area contributed by atoms with Crippen molar-refractivity contribution in [2.24, 2.45) is 5.73 Å². The average Bonchev–Trinajstić information content (AvgIpc) is 3.13. The number of amides is 1. The fourth-order valence-electron chi connectivity index (χ4n) is 3.36. The summed E-state index contributed by atoms with van der Waals surface area (Å²) in [5.74, 6) is -0.219. The molecular formula is C21H19N9O2. The van der Waals surface area contributed by atoms with E-state index in [1.165, 1.54) is 18.5 Å². The van der Waals surface area contributed by atoms with E-state index < -0.39 is 11.9 Å². The zero-order chi connectivity index (χ0) is 23.0. The van der Waals surface area contributed by atoms with Gasteiger partial charge in [-0.15, -0.1) is 0 Å². The molecule has 3 aromatic heterocycles. The van der Waals surface area contributed by atoms with Crippen molar-refractivity contribution < 1.29 is 9.90 Å². The van der Waals surface area contributed by atoms with Crippen molar-refractivity contribution in [3.63, 3.8) is 0 Å². The molecule has 3 heterocycles. The molecule has 0 bridgehead atoms. The van der Waals surface area contributed by atoms with Gasteiger partial charge in [-0.1, -0.05) is 6.07 Å². The summed E-state index contributed by atoms with van der Waals surface area (Å²) in [6, 6.07) is 7.98. The van der Waals surface area contributed by atoms with Crippen LogP contribution >= 0.6 is 0 Å². The molecule has 0 aliphatic carbocycles. The Morgan fingerprint density at radius 3 is 2.78 bits per heavy atom. The predicted molar refractivity (Wildman–Crippen MR) is 117 cm³/mol. The van der Waals surface area contributed by atoms with Crippen LogP contribution < -0.4 is 16.8 Å². The summed E-state index contributed by atoms with van der Waals surface area (Å²) >= 11 is 0. The number of rotatable bonds is 5. The molecule has 32 heavy (non-hydrogen) atoms. The van der Waals surface area contributed by atoms with Crippen molar-refractivity contribution in [2.75, 3.05) is 11.1 Å². The van der Waals surface area contributed by atoms with E-state index in [1.54, 1.807) is 16.8 Å². The number of nitrogen functional groups attached to an aromatic ring is 1. The van der Waals surface area contributed by atoms with Gasteiger partial charge in [0.1, 0.15) is 35.3 Å². The zero-order valence-electron chi connectivity index (χ0n) is 17.2. The first kappa shape index (κ1) is 20.5. The molecule has 0 saturated carbocycles. The molecule has 11 heteroatoms. The third-order valence-corrected chi connectivity index (χ3v) is 4.99. The van der Waals surface area contributed by atoms with E-state index in [1.807, 2.05) is 26.0 Å². The number of nitriles is 1. The lowest BCUT2D eigenvalue weighted by Crippen LogP contribution is -2.16. The van der Waals surface area contributed by atoms with Gasteiger partial charge in [-0.3, -0.25) is 4.79 Å². The van der Waals surface area contributed by atoms with E-state index >= 15 is 0 Å². The lowest BCUT2D eigenvalue weighted by molar-refractivity contribution is 0.0998. The molecule has 0 aliphatic heterocycles. The van der Waals surface area contributed by atoms with Gasteiger partial charge >= 0.3 is 0 Å². The standard InChI is InChI=1S/C21H19N9O2/c1-10-5-6-30-17(10)16(12-3-4-13(19(24)32)15(31)7-12)28-20(29-30)11(2)27-21-14(8-22)18(23)25-9-26-21/h3-7,9,11,31H,1-2H3,(H2,24,32)(H3,23,25,26,27)/t11-/m0/s1. The summed E-state index contributed by atoms with van der Waals surface area (Å²) in [7, 11) is 0. The van der Waals surface area contributed by atoms with Crippen LogP contribution in [-0.4, -0.2) is 35.6 Å². The van der Waals surface area contributed by atoms with Crippen LogP contribution in [0.4, 0.5) is 11.6 Å². The van der Waals surface area contributed by atoms with Crippen LogP contribution in [0, 0.1) is 18.3 Å². The Bertz CT molecular complexity index is 1400. The highest BCUT2D eigenvalue weighted by Gasteiger charge is 2.20. The monoisotopic (exact) mass is 429 g/mol. The van der Waals surface area contributed by atoms with Gasteiger partial charge in [0.05, 0.1) is 22.8 Å². The third-order valence-electron chi connectivity index (χ3n) is 4.99. The number of benzene rings is 1. The second-order valence-electron chi connectivity index (χ2n) is 7.17. The molecule has 0 unspecified atom stereocenters. The minimum Gasteiger partial charge on any atom is -0.507 e. The minimum absolute atomic E-state index is 0.0200. The Hall–Kier alpha value is -4.72. The number of carbonyl (C=O) groups excluding carboxylic acids is 1. The highest BCUT2D eigenvalue weighted by atomic mass is 16.3. The van der Waals surface area contributed by atoms with Gasteiger partial charge in [0.15, 0.2) is 5.82 Å².